The van der Waals surface area contributed by atoms with Gasteiger partial charge >= 0.3 is 0 Å². The van der Waals surface area contributed by atoms with E-state index in [4.69, 9.17) is 0 Å². The monoisotopic (exact) mass is 293 g/mol. The highest BCUT2D eigenvalue weighted by Gasteiger charge is 2.10. The largest absolute Gasteiger partial charge is 0.508 e. The first-order valence-corrected chi connectivity index (χ1v) is 7.82. The zero-order valence-corrected chi connectivity index (χ0v) is 13.1. The molecule has 21 heavy (non-hydrogen) atoms. The lowest BCUT2D eigenvalue weighted by Gasteiger charge is -2.08. The fourth-order valence-corrected chi connectivity index (χ4v) is 2.23. The second-order valence-electron chi connectivity index (χ2n) is 5.56. The minimum atomic E-state index is -0.123. The van der Waals surface area contributed by atoms with E-state index >= 15 is 0 Å². The lowest BCUT2D eigenvalue weighted by atomic mass is 10.1. The highest BCUT2D eigenvalue weighted by molar-refractivity contribution is 5.79. The normalized spacial score (nSPS) is 10.6. The molecule has 0 saturated heterocycles. The van der Waals surface area contributed by atoms with Crippen molar-refractivity contribution in [3.8, 4) is 11.5 Å². The minimum Gasteiger partial charge on any atom is -0.508 e. The van der Waals surface area contributed by atoms with E-state index in [0.29, 0.717) is 17.7 Å². The Bertz CT molecular complexity index is 458. The number of unbranched alkanes of at least 4 members (excludes halogenated alkanes) is 5. The van der Waals surface area contributed by atoms with Crippen LogP contribution in [0.3, 0.4) is 0 Å². The van der Waals surface area contributed by atoms with E-state index in [-0.39, 0.29) is 23.8 Å². The quantitative estimate of drug-likeness (QED) is 0.482. The average molecular weight is 293 g/mol. The van der Waals surface area contributed by atoms with Crippen molar-refractivity contribution in [3.05, 3.63) is 23.3 Å². The van der Waals surface area contributed by atoms with E-state index in [0.717, 1.165) is 12.8 Å². The third-order valence-electron chi connectivity index (χ3n) is 3.60. The number of benzene rings is 1. The first kappa shape index (κ1) is 17.3. The summed E-state index contributed by atoms with van der Waals surface area (Å²) in [6, 6.07) is 2.93. The minimum absolute atomic E-state index is 0.0556. The fourth-order valence-electron chi connectivity index (χ4n) is 2.23. The molecule has 0 radical (unpaired) electrons. The van der Waals surface area contributed by atoms with E-state index in [2.05, 4.69) is 12.2 Å². The van der Waals surface area contributed by atoms with Crippen molar-refractivity contribution in [3.63, 3.8) is 0 Å². The number of carbonyl (C=O) groups is 1. The van der Waals surface area contributed by atoms with Crippen LogP contribution < -0.4 is 5.32 Å². The molecule has 0 aliphatic carbocycles. The Kier molecular flexibility index (Phi) is 7.65. The summed E-state index contributed by atoms with van der Waals surface area (Å²) >= 11 is 0. The van der Waals surface area contributed by atoms with Crippen LogP contribution in [0, 0.1) is 6.92 Å². The predicted octanol–water partition coefficient (Wildman–Crippen LogP) is 3.43. The molecule has 1 amide bonds. The Hall–Kier alpha value is -1.71. The maximum atomic E-state index is 11.8. The molecule has 0 aliphatic heterocycles. The van der Waals surface area contributed by atoms with Crippen LogP contribution >= 0.6 is 0 Å². The first-order valence-electron chi connectivity index (χ1n) is 7.82. The topological polar surface area (TPSA) is 69.6 Å². The second kappa shape index (κ2) is 9.27. The molecule has 1 aromatic carbocycles. The Morgan fingerprint density at radius 2 is 1.71 bits per heavy atom. The van der Waals surface area contributed by atoms with Gasteiger partial charge in [0, 0.05) is 12.1 Å². The van der Waals surface area contributed by atoms with Gasteiger partial charge in [0.15, 0.2) is 0 Å². The van der Waals surface area contributed by atoms with Crippen molar-refractivity contribution >= 4 is 5.91 Å². The smallest absolute Gasteiger partial charge is 0.224 e. The second-order valence-corrected chi connectivity index (χ2v) is 5.56. The highest BCUT2D eigenvalue weighted by Crippen LogP contribution is 2.26. The van der Waals surface area contributed by atoms with E-state index < -0.39 is 0 Å². The molecule has 3 N–H and O–H groups in total. The van der Waals surface area contributed by atoms with Crippen LogP contribution in [0.25, 0.3) is 0 Å². The standard InChI is InChI=1S/C17H27NO3/c1-3-4-5-6-7-8-9-18-17(21)12-14-11-15(19)13(2)10-16(14)20/h10-11,19-20H,3-9,12H2,1-2H3,(H,18,21). The lowest BCUT2D eigenvalue weighted by molar-refractivity contribution is -0.120. The Balaban J connectivity index is 2.26. The van der Waals surface area contributed by atoms with Crippen LogP contribution in [0.4, 0.5) is 0 Å². The molecule has 118 valence electrons. The molecule has 0 aromatic heterocycles. The number of phenols is 2. The van der Waals surface area contributed by atoms with Crippen LogP contribution in [0.15, 0.2) is 12.1 Å². The summed E-state index contributed by atoms with van der Waals surface area (Å²) < 4.78 is 0. The van der Waals surface area contributed by atoms with Crippen molar-refractivity contribution in [1.29, 1.82) is 0 Å². The van der Waals surface area contributed by atoms with E-state index in [1.54, 1.807) is 6.92 Å². The molecule has 4 heteroatoms. The summed E-state index contributed by atoms with van der Waals surface area (Å²) in [4.78, 5) is 11.8. The Morgan fingerprint density at radius 3 is 2.43 bits per heavy atom. The molecular formula is C17H27NO3. The van der Waals surface area contributed by atoms with Gasteiger partial charge in [0.25, 0.3) is 0 Å². The van der Waals surface area contributed by atoms with Crippen LogP contribution in [0.5, 0.6) is 11.5 Å². The van der Waals surface area contributed by atoms with Gasteiger partial charge in [-0.2, -0.15) is 0 Å². The Morgan fingerprint density at radius 1 is 1.05 bits per heavy atom. The number of aromatic hydroxyl groups is 2. The van der Waals surface area contributed by atoms with Gasteiger partial charge in [0.05, 0.1) is 6.42 Å². The molecule has 0 bridgehead atoms. The number of hydrogen-bond donors (Lipinski definition) is 3. The van der Waals surface area contributed by atoms with Gasteiger partial charge in [-0.05, 0) is 31.0 Å². The molecule has 0 aliphatic rings. The van der Waals surface area contributed by atoms with Crippen molar-refractivity contribution in [2.24, 2.45) is 0 Å². The average Bonchev–Trinajstić information content (AvgIpc) is 2.44. The summed E-state index contributed by atoms with van der Waals surface area (Å²) in [5, 5.41) is 22.2. The van der Waals surface area contributed by atoms with Crippen molar-refractivity contribution in [2.45, 2.75) is 58.8 Å². The number of aryl methyl sites for hydroxylation is 1. The van der Waals surface area contributed by atoms with Gasteiger partial charge in [-0.3, -0.25) is 4.79 Å². The molecule has 1 aromatic rings. The third-order valence-corrected chi connectivity index (χ3v) is 3.60. The number of rotatable bonds is 9. The number of carbonyl (C=O) groups excluding carboxylic acids is 1. The van der Waals surface area contributed by atoms with Crippen LogP contribution in [-0.2, 0) is 11.2 Å². The van der Waals surface area contributed by atoms with Gasteiger partial charge in [-0.1, -0.05) is 39.0 Å². The lowest BCUT2D eigenvalue weighted by Crippen LogP contribution is -2.26. The van der Waals surface area contributed by atoms with E-state index in [1.165, 1.54) is 37.8 Å². The molecule has 0 heterocycles. The van der Waals surface area contributed by atoms with Crippen molar-refractivity contribution in [2.75, 3.05) is 6.54 Å². The molecule has 1 rings (SSSR count). The summed E-state index contributed by atoms with van der Waals surface area (Å²) in [6.07, 6.45) is 7.22. The maximum absolute atomic E-state index is 11.8. The molecular weight excluding hydrogens is 266 g/mol. The molecule has 0 unspecified atom stereocenters. The summed E-state index contributed by atoms with van der Waals surface area (Å²) in [5.74, 6) is 0.0358. The summed E-state index contributed by atoms with van der Waals surface area (Å²) in [6.45, 7) is 4.57. The number of nitrogens with one attached hydrogen (secondary N) is 1. The van der Waals surface area contributed by atoms with Gasteiger partial charge < -0.3 is 15.5 Å². The van der Waals surface area contributed by atoms with Gasteiger partial charge in [0.2, 0.25) is 5.91 Å². The van der Waals surface area contributed by atoms with Crippen LogP contribution in [0.1, 0.15) is 56.6 Å². The number of amides is 1. The molecule has 0 saturated carbocycles. The van der Waals surface area contributed by atoms with Gasteiger partial charge in [0.1, 0.15) is 11.5 Å². The number of hydrogen-bond acceptors (Lipinski definition) is 3. The van der Waals surface area contributed by atoms with Gasteiger partial charge in [-0.15, -0.1) is 0 Å². The first-order chi connectivity index (χ1) is 10.0. The van der Waals surface area contributed by atoms with Crippen LogP contribution in [0.2, 0.25) is 0 Å². The zero-order valence-electron chi connectivity index (χ0n) is 13.1. The van der Waals surface area contributed by atoms with Crippen LogP contribution in [-0.4, -0.2) is 22.7 Å². The molecule has 4 nitrogen and oxygen atoms in total. The van der Waals surface area contributed by atoms with E-state index in [9.17, 15) is 15.0 Å². The fraction of sp³-hybridized carbons (Fsp3) is 0.588. The van der Waals surface area contributed by atoms with Crippen molar-refractivity contribution in [1.82, 2.24) is 5.32 Å². The van der Waals surface area contributed by atoms with Gasteiger partial charge in [-0.25, -0.2) is 0 Å². The SMILES string of the molecule is CCCCCCCCNC(=O)Cc1cc(O)c(C)cc1O. The summed E-state index contributed by atoms with van der Waals surface area (Å²) in [7, 11) is 0. The zero-order chi connectivity index (χ0) is 15.7. The highest BCUT2D eigenvalue weighted by atomic mass is 16.3. The van der Waals surface area contributed by atoms with E-state index in [1.807, 2.05) is 0 Å². The molecule has 0 spiro atoms. The molecule has 0 fully saturated rings. The number of phenolic OH excluding ortho intramolecular Hbond substituents is 2. The third kappa shape index (κ3) is 6.52. The summed E-state index contributed by atoms with van der Waals surface area (Å²) in [5.41, 5.74) is 1.06. The molecule has 0 atom stereocenters. The maximum Gasteiger partial charge on any atom is 0.224 e. The Labute approximate surface area is 127 Å². The predicted molar refractivity (Wildman–Crippen MR) is 84.6 cm³/mol. The van der Waals surface area contributed by atoms with Crippen molar-refractivity contribution < 1.29 is 15.0 Å².